The zero-order valence-electron chi connectivity index (χ0n) is 9.53. The molecule has 1 amide bonds. The van der Waals surface area contributed by atoms with Crippen molar-refractivity contribution >= 4 is 5.91 Å². The smallest absolute Gasteiger partial charge is 0.230 e. The minimum Gasteiger partial charge on any atom is -0.379 e. The fourth-order valence-electron chi connectivity index (χ4n) is 2.54. The number of nitrogens with two attached hydrogens (primary N) is 1. The van der Waals surface area contributed by atoms with Crippen molar-refractivity contribution in [2.75, 3.05) is 19.8 Å². The van der Waals surface area contributed by atoms with E-state index in [0.29, 0.717) is 13.2 Å². The minimum atomic E-state index is -0.123. The van der Waals surface area contributed by atoms with Crippen LogP contribution in [0.15, 0.2) is 0 Å². The summed E-state index contributed by atoms with van der Waals surface area (Å²) in [6, 6.07) is -0.117. The van der Waals surface area contributed by atoms with Crippen LogP contribution in [0.4, 0.5) is 0 Å². The SMILES string of the molecule is CC1(C)CCCN1C(=O)C1COCC1N. The van der Waals surface area contributed by atoms with E-state index in [1.54, 1.807) is 0 Å². The summed E-state index contributed by atoms with van der Waals surface area (Å²) >= 11 is 0. The van der Waals surface area contributed by atoms with Crippen LogP contribution in [-0.2, 0) is 9.53 Å². The van der Waals surface area contributed by atoms with Crippen molar-refractivity contribution in [3.05, 3.63) is 0 Å². The second-order valence-corrected chi connectivity index (χ2v) is 5.21. The predicted molar refractivity (Wildman–Crippen MR) is 57.3 cm³/mol. The highest BCUT2D eigenvalue weighted by Gasteiger charge is 2.41. The largest absolute Gasteiger partial charge is 0.379 e. The van der Waals surface area contributed by atoms with Crippen LogP contribution in [0.3, 0.4) is 0 Å². The van der Waals surface area contributed by atoms with Gasteiger partial charge in [0.2, 0.25) is 5.91 Å². The van der Waals surface area contributed by atoms with Crippen molar-refractivity contribution in [2.24, 2.45) is 11.7 Å². The molecule has 0 saturated carbocycles. The molecule has 4 heteroatoms. The van der Waals surface area contributed by atoms with Crippen molar-refractivity contribution < 1.29 is 9.53 Å². The lowest BCUT2D eigenvalue weighted by molar-refractivity contribution is -0.139. The number of carbonyl (C=O) groups is 1. The Morgan fingerprint density at radius 1 is 1.47 bits per heavy atom. The summed E-state index contributed by atoms with van der Waals surface area (Å²) in [6.45, 7) is 6.13. The van der Waals surface area contributed by atoms with Crippen LogP contribution in [0, 0.1) is 5.92 Å². The average Bonchev–Trinajstić information content (AvgIpc) is 2.70. The van der Waals surface area contributed by atoms with E-state index in [0.717, 1.165) is 19.4 Å². The molecule has 2 heterocycles. The average molecular weight is 212 g/mol. The standard InChI is InChI=1S/C11H20N2O2/c1-11(2)4-3-5-13(11)10(14)8-6-15-7-9(8)12/h8-9H,3-7,12H2,1-2H3. The second kappa shape index (κ2) is 3.76. The van der Waals surface area contributed by atoms with E-state index in [-0.39, 0.29) is 23.4 Å². The van der Waals surface area contributed by atoms with Gasteiger partial charge in [-0.15, -0.1) is 0 Å². The minimum absolute atomic E-state index is 0.000602. The molecule has 2 unspecified atom stereocenters. The summed E-state index contributed by atoms with van der Waals surface area (Å²) in [4.78, 5) is 14.2. The third kappa shape index (κ3) is 1.88. The topological polar surface area (TPSA) is 55.6 Å². The van der Waals surface area contributed by atoms with Crippen LogP contribution in [0.1, 0.15) is 26.7 Å². The highest BCUT2D eigenvalue weighted by atomic mass is 16.5. The Balaban J connectivity index is 2.07. The van der Waals surface area contributed by atoms with Gasteiger partial charge >= 0.3 is 0 Å². The Labute approximate surface area is 90.8 Å². The normalized spacial score (nSPS) is 34.7. The molecule has 2 aliphatic rings. The molecular weight excluding hydrogens is 192 g/mol. The highest BCUT2D eigenvalue weighted by Crippen LogP contribution is 2.30. The van der Waals surface area contributed by atoms with E-state index in [4.69, 9.17) is 10.5 Å². The lowest BCUT2D eigenvalue weighted by Gasteiger charge is -2.34. The number of nitrogens with zero attached hydrogens (tertiary/aromatic N) is 1. The maximum Gasteiger partial charge on any atom is 0.230 e. The number of carbonyl (C=O) groups excluding carboxylic acids is 1. The quantitative estimate of drug-likeness (QED) is 0.683. The molecule has 2 fully saturated rings. The van der Waals surface area contributed by atoms with Crippen LogP contribution >= 0.6 is 0 Å². The Hall–Kier alpha value is -0.610. The van der Waals surface area contributed by atoms with E-state index < -0.39 is 0 Å². The summed E-state index contributed by atoms with van der Waals surface area (Å²) < 4.78 is 5.25. The zero-order valence-corrected chi connectivity index (χ0v) is 9.53. The Morgan fingerprint density at radius 3 is 2.67 bits per heavy atom. The Morgan fingerprint density at radius 2 is 2.20 bits per heavy atom. The van der Waals surface area contributed by atoms with E-state index >= 15 is 0 Å². The number of likely N-dealkylation sites (tertiary alicyclic amines) is 1. The van der Waals surface area contributed by atoms with Crippen LogP contribution in [0.2, 0.25) is 0 Å². The van der Waals surface area contributed by atoms with Crippen LogP contribution in [-0.4, -0.2) is 42.1 Å². The molecular formula is C11H20N2O2. The summed E-state index contributed by atoms with van der Waals surface area (Å²) in [7, 11) is 0. The number of hydrogen-bond donors (Lipinski definition) is 1. The van der Waals surface area contributed by atoms with Crippen LogP contribution in [0.25, 0.3) is 0 Å². The van der Waals surface area contributed by atoms with Gasteiger partial charge in [-0.05, 0) is 26.7 Å². The van der Waals surface area contributed by atoms with E-state index in [1.807, 2.05) is 4.90 Å². The van der Waals surface area contributed by atoms with Gasteiger partial charge in [0.25, 0.3) is 0 Å². The zero-order chi connectivity index (χ0) is 11.1. The first kappa shape index (κ1) is 10.9. The van der Waals surface area contributed by atoms with Crippen molar-refractivity contribution in [2.45, 2.75) is 38.3 Å². The van der Waals surface area contributed by atoms with Gasteiger partial charge < -0.3 is 15.4 Å². The molecule has 2 atom stereocenters. The van der Waals surface area contributed by atoms with E-state index in [1.165, 1.54) is 0 Å². The lowest BCUT2D eigenvalue weighted by atomic mass is 9.98. The molecule has 2 saturated heterocycles. The van der Waals surface area contributed by atoms with E-state index in [9.17, 15) is 4.79 Å². The number of amides is 1. The molecule has 0 aromatic heterocycles. The molecule has 2 aliphatic heterocycles. The van der Waals surface area contributed by atoms with Gasteiger partial charge in [0.05, 0.1) is 19.1 Å². The highest BCUT2D eigenvalue weighted by molar-refractivity contribution is 5.81. The molecule has 2 rings (SSSR count). The molecule has 15 heavy (non-hydrogen) atoms. The molecule has 86 valence electrons. The fraction of sp³-hybridized carbons (Fsp3) is 0.909. The lowest BCUT2D eigenvalue weighted by Crippen LogP contribution is -2.49. The predicted octanol–water partition coefficient (Wildman–Crippen LogP) is 0.361. The second-order valence-electron chi connectivity index (χ2n) is 5.21. The van der Waals surface area contributed by atoms with Gasteiger partial charge in [-0.25, -0.2) is 0 Å². The number of hydrogen-bond acceptors (Lipinski definition) is 3. The molecule has 0 aromatic rings. The third-order valence-corrected chi connectivity index (χ3v) is 3.61. The molecule has 0 spiro atoms. The first-order valence-corrected chi connectivity index (χ1v) is 5.67. The monoisotopic (exact) mass is 212 g/mol. The summed E-state index contributed by atoms with van der Waals surface area (Å²) in [5.41, 5.74) is 5.86. The van der Waals surface area contributed by atoms with Crippen LogP contribution in [0.5, 0.6) is 0 Å². The van der Waals surface area contributed by atoms with Gasteiger partial charge in [0.15, 0.2) is 0 Å². The van der Waals surface area contributed by atoms with Gasteiger partial charge in [0.1, 0.15) is 0 Å². The van der Waals surface area contributed by atoms with Crippen molar-refractivity contribution in [1.29, 1.82) is 0 Å². The first-order valence-electron chi connectivity index (χ1n) is 5.67. The van der Waals surface area contributed by atoms with Crippen molar-refractivity contribution in [1.82, 2.24) is 4.90 Å². The maximum absolute atomic E-state index is 12.2. The number of ether oxygens (including phenoxy) is 1. The number of rotatable bonds is 1. The third-order valence-electron chi connectivity index (χ3n) is 3.61. The molecule has 4 nitrogen and oxygen atoms in total. The van der Waals surface area contributed by atoms with Crippen LogP contribution < -0.4 is 5.73 Å². The molecule has 2 N–H and O–H groups in total. The Kier molecular flexibility index (Phi) is 2.73. The summed E-state index contributed by atoms with van der Waals surface area (Å²) in [6.07, 6.45) is 2.18. The molecule has 0 bridgehead atoms. The molecule has 0 aromatic carbocycles. The summed E-state index contributed by atoms with van der Waals surface area (Å²) in [5, 5.41) is 0. The molecule has 0 aliphatic carbocycles. The maximum atomic E-state index is 12.2. The van der Waals surface area contributed by atoms with Gasteiger partial charge in [-0.1, -0.05) is 0 Å². The van der Waals surface area contributed by atoms with Crippen molar-refractivity contribution in [3.8, 4) is 0 Å². The van der Waals surface area contributed by atoms with Crippen molar-refractivity contribution in [3.63, 3.8) is 0 Å². The summed E-state index contributed by atoms with van der Waals surface area (Å²) in [5.74, 6) is 0.0601. The van der Waals surface area contributed by atoms with Gasteiger partial charge in [-0.3, -0.25) is 4.79 Å². The first-order chi connectivity index (χ1) is 7.02. The Bertz CT molecular complexity index is 265. The fourth-order valence-corrected chi connectivity index (χ4v) is 2.54. The van der Waals surface area contributed by atoms with Gasteiger partial charge in [-0.2, -0.15) is 0 Å². The van der Waals surface area contributed by atoms with Gasteiger partial charge in [0, 0.05) is 18.1 Å². The molecule has 0 radical (unpaired) electrons. The van der Waals surface area contributed by atoms with E-state index in [2.05, 4.69) is 13.8 Å².